The van der Waals surface area contributed by atoms with Crippen LogP contribution in [0.3, 0.4) is 0 Å². The third-order valence-electron chi connectivity index (χ3n) is 1.43. The van der Waals surface area contributed by atoms with Gasteiger partial charge in [0.15, 0.2) is 5.75 Å². The third-order valence-corrected chi connectivity index (χ3v) is 1.43. The number of nitrogens with two attached hydrogens (primary N) is 1. The van der Waals surface area contributed by atoms with Gasteiger partial charge >= 0.3 is 0 Å². The molecule has 0 saturated carbocycles. The number of nitrogens with one attached hydrogen (secondary N) is 1. The molecule has 0 aliphatic rings. The van der Waals surface area contributed by atoms with Crippen LogP contribution in [0.4, 0.5) is 0 Å². The van der Waals surface area contributed by atoms with Crippen LogP contribution in [-0.2, 0) is 0 Å². The van der Waals surface area contributed by atoms with Crippen molar-refractivity contribution in [2.45, 2.75) is 13.0 Å². The summed E-state index contributed by atoms with van der Waals surface area (Å²) < 4.78 is 0. The molecular weight excluding hydrogens is 144 g/mol. The van der Waals surface area contributed by atoms with Gasteiger partial charge in [-0.25, -0.2) is 0 Å². The SMILES string of the molecule is C[C@@H](N)c1c[nH]c(=O)c(O)c1. The highest BCUT2D eigenvalue weighted by molar-refractivity contribution is 5.23. The molecule has 1 aromatic rings. The van der Waals surface area contributed by atoms with Crippen molar-refractivity contribution in [1.82, 2.24) is 4.98 Å². The largest absolute Gasteiger partial charge is 0.503 e. The maximum Gasteiger partial charge on any atom is 0.290 e. The normalized spacial score (nSPS) is 12.9. The van der Waals surface area contributed by atoms with Gasteiger partial charge in [0.1, 0.15) is 0 Å². The average Bonchev–Trinajstić information content (AvgIpc) is 1.94. The molecule has 0 saturated heterocycles. The fourth-order valence-corrected chi connectivity index (χ4v) is 0.751. The van der Waals surface area contributed by atoms with Crippen molar-refractivity contribution in [2.24, 2.45) is 5.73 Å². The molecule has 0 fully saturated rings. The van der Waals surface area contributed by atoms with Crippen molar-refractivity contribution in [3.05, 3.63) is 28.2 Å². The molecule has 0 spiro atoms. The Kier molecular flexibility index (Phi) is 1.96. The Morgan fingerprint density at radius 2 is 2.36 bits per heavy atom. The maximum atomic E-state index is 10.6. The Labute approximate surface area is 63.7 Å². The van der Waals surface area contributed by atoms with E-state index in [9.17, 15) is 4.79 Å². The molecule has 1 rings (SSSR count). The fourth-order valence-electron chi connectivity index (χ4n) is 0.751. The highest BCUT2D eigenvalue weighted by Gasteiger charge is 2.01. The molecule has 0 radical (unpaired) electrons. The van der Waals surface area contributed by atoms with Crippen LogP contribution in [0, 0.1) is 0 Å². The number of aromatic amines is 1. The van der Waals surface area contributed by atoms with Crippen LogP contribution in [0.15, 0.2) is 17.1 Å². The number of aromatic hydroxyl groups is 1. The van der Waals surface area contributed by atoms with Gasteiger partial charge in [-0.15, -0.1) is 0 Å². The van der Waals surface area contributed by atoms with Crippen molar-refractivity contribution < 1.29 is 5.11 Å². The predicted octanol–water partition coefficient (Wildman–Crippen LogP) is 0.100. The summed E-state index contributed by atoms with van der Waals surface area (Å²) in [6.45, 7) is 1.77. The lowest BCUT2D eigenvalue weighted by Crippen LogP contribution is -2.10. The Morgan fingerprint density at radius 1 is 1.73 bits per heavy atom. The molecule has 1 aromatic heterocycles. The molecule has 0 unspecified atom stereocenters. The summed E-state index contributed by atoms with van der Waals surface area (Å²) >= 11 is 0. The second-order valence-electron chi connectivity index (χ2n) is 2.44. The average molecular weight is 154 g/mol. The monoisotopic (exact) mass is 154 g/mol. The molecule has 1 atom stereocenters. The number of aromatic nitrogens is 1. The molecule has 0 aliphatic carbocycles. The van der Waals surface area contributed by atoms with E-state index in [0.29, 0.717) is 5.56 Å². The van der Waals surface area contributed by atoms with E-state index in [1.165, 1.54) is 12.3 Å². The van der Waals surface area contributed by atoms with E-state index in [4.69, 9.17) is 10.8 Å². The Balaban J connectivity index is 3.15. The molecule has 0 aliphatic heterocycles. The number of rotatable bonds is 1. The van der Waals surface area contributed by atoms with Gasteiger partial charge in [0.25, 0.3) is 5.56 Å². The standard InChI is InChI=1S/C7H10N2O2/c1-4(8)5-2-6(10)7(11)9-3-5/h2-4,10H,8H2,1H3,(H,9,11)/t4-/m1/s1. The Bertz CT molecular complexity index is 304. The summed E-state index contributed by atoms with van der Waals surface area (Å²) in [5, 5.41) is 8.95. The van der Waals surface area contributed by atoms with E-state index in [2.05, 4.69) is 4.98 Å². The minimum atomic E-state index is -0.491. The molecule has 4 nitrogen and oxygen atoms in total. The first kappa shape index (κ1) is 7.81. The van der Waals surface area contributed by atoms with Crippen molar-refractivity contribution >= 4 is 0 Å². The summed E-state index contributed by atoms with van der Waals surface area (Å²) in [4.78, 5) is 13.0. The molecule has 11 heavy (non-hydrogen) atoms. The van der Waals surface area contributed by atoms with E-state index in [0.717, 1.165) is 0 Å². The molecule has 4 heteroatoms. The number of H-pyrrole nitrogens is 1. The Hall–Kier alpha value is -1.29. The van der Waals surface area contributed by atoms with Gasteiger partial charge in [0, 0.05) is 12.2 Å². The second kappa shape index (κ2) is 2.75. The van der Waals surface area contributed by atoms with Crippen molar-refractivity contribution in [1.29, 1.82) is 0 Å². The number of pyridine rings is 1. The van der Waals surface area contributed by atoms with Crippen LogP contribution in [0.2, 0.25) is 0 Å². The zero-order valence-corrected chi connectivity index (χ0v) is 6.16. The maximum absolute atomic E-state index is 10.6. The molecule has 60 valence electrons. The van der Waals surface area contributed by atoms with Crippen LogP contribution < -0.4 is 11.3 Å². The number of hydrogen-bond acceptors (Lipinski definition) is 3. The summed E-state index contributed by atoms with van der Waals surface area (Å²) in [6.07, 6.45) is 1.49. The van der Waals surface area contributed by atoms with Gasteiger partial charge in [-0.2, -0.15) is 0 Å². The van der Waals surface area contributed by atoms with Gasteiger partial charge in [-0.3, -0.25) is 4.79 Å². The minimum Gasteiger partial charge on any atom is -0.503 e. The van der Waals surface area contributed by atoms with E-state index in [1.54, 1.807) is 6.92 Å². The van der Waals surface area contributed by atoms with Crippen LogP contribution >= 0.6 is 0 Å². The minimum absolute atomic E-state index is 0.183. The summed E-state index contributed by atoms with van der Waals surface area (Å²) in [6, 6.07) is 1.18. The van der Waals surface area contributed by atoms with E-state index in [-0.39, 0.29) is 11.8 Å². The van der Waals surface area contributed by atoms with Crippen LogP contribution in [0.5, 0.6) is 5.75 Å². The lowest BCUT2D eigenvalue weighted by molar-refractivity contribution is 0.465. The van der Waals surface area contributed by atoms with Crippen molar-refractivity contribution in [2.75, 3.05) is 0 Å². The zero-order chi connectivity index (χ0) is 8.43. The fraction of sp³-hybridized carbons (Fsp3) is 0.286. The van der Waals surface area contributed by atoms with Gasteiger partial charge in [-0.1, -0.05) is 0 Å². The highest BCUT2D eigenvalue weighted by atomic mass is 16.3. The van der Waals surface area contributed by atoms with Gasteiger partial charge in [-0.05, 0) is 18.6 Å². The first-order chi connectivity index (χ1) is 5.11. The van der Waals surface area contributed by atoms with Gasteiger partial charge < -0.3 is 15.8 Å². The van der Waals surface area contributed by atoms with E-state index < -0.39 is 5.56 Å². The molecular formula is C7H10N2O2. The first-order valence-electron chi connectivity index (χ1n) is 3.28. The van der Waals surface area contributed by atoms with E-state index >= 15 is 0 Å². The van der Waals surface area contributed by atoms with Crippen molar-refractivity contribution in [3.63, 3.8) is 0 Å². The lowest BCUT2D eigenvalue weighted by atomic mass is 10.1. The third kappa shape index (κ3) is 1.59. The second-order valence-corrected chi connectivity index (χ2v) is 2.44. The summed E-state index contributed by atoms with van der Waals surface area (Å²) in [7, 11) is 0. The van der Waals surface area contributed by atoms with Crippen LogP contribution in [-0.4, -0.2) is 10.1 Å². The van der Waals surface area contributed by atoms with Gasteiger partial charge in [0.05, 0.1) is 0 Å². The topological polar surface area (TPSA) is 79.1 Å². The Morgan fingerprint density at radius 3 is 2.82 bits per heavy atom. The van der Waals surface area contributed by atoms with E-state index in [1.807, 2.05) is 0 Å². The molecule has 1 heterocycles. The highest BCUT2D eigenvalue weighted by Crippen LogP contribution is 2.09. The molecule has 0 aromatic carbocycles. The zero-order valence-electron chi connectivity index (χ0n) is 6.16. The molecule has 4 N–H and O–H groups in total. The predicted molar refractivity (Wildman–Crippen MR) is 41.3 cm³/mol. The molecule has 0 bridgehead atoms. The smallest absolute Gasteiger partial charge is 0.290 e. The lowest BCUT2D eigenvalue weighted by Gasteiger charge is -2.03. The number of hydrogen-bond donors (Lipinski definition) is 3. The van der Waals surface area contributed by atoms with Crippen LogP contribution in [0.25, 0.3) is 0 Å². The first-order valence-corrected chi connectivity index (χ1v) is 3.28. The summed E-state index contributed by atoms with van der Waals surface area (Å²) in [5.74, 6) is -0.292. The quantitative estimate of drug-likeness (QED) is 0.536. The van der Waals surface area contributed by atoms with Crippen molar-refractivity contribution in [3.8, 4) is 5.75 Å². The summed E-state index contributed by atoms with van der Waals surface area (Å²) in [5.41, 5.74) is 5.72. The van der Waals surface area contributed by atoms with Crippen LogP contribution in [0.1, 0.15) is 18.5 Å². The van der Waals surface area contributed by atoms with Gasteiger partial charge in [0.2, 0.25) is 0 Å². The molecule has 0 amide bonds.